The van der Waals surface area contributed by atoms with Crippen molar-refractivity contribution >= 4 is 35.8 Å². The first kappa shape index (κ1) is 22.7. The topological polar surface area (TPSA) is 56.7 Å². The van der Waals surface area contributed by atoms with Gasteiger partial charge in [-0.2, -0.15) is 0 Å². The van der Waals surface area contributed by atoms with Gasteiger partial charge in [0.2, 0.25) is 5.91 Å². The second-order valence-corrected chi connectivity index (χ2v) is 7.74. The second kappa shape index (κ2) is 10.7. The van der Waals surface area contributed by atoms with E-state index >= 15 is 0 Å². The number of nitrogens with one attached hydrogen (secondary N) is 2. The molecule has 1 amide bonds. The van der Waals surface area contributed by atoms with Gasteiger partial charge in [0.05, 0.1) is 0 Å². The van der Waals surface area contributed by atoms with E-state index < -0.39 is 0 Å². The third kappa shape index (κ3) is 7.93. The predicted molar refractivity (Wildman–Crippen MR) is 119 cm³/mol. The van der Waals surface area contributed by atoms with E-state index in [9.17, 15) is 4.79 Å². The van der Waals surface area contributed by atoms with E-state index in [0.717, 1.165) is 25.5 Å². The number of rotatable bonds is 8. The molecule has 0 atom stereocenters. The standard InChI is InChI=1S/C20H32N4O.HI/c1-16(2)13-21-19(22-14-18(25)24(3)4)23-15-20(10-11-20)12-17-8-6-5-7-9-17;/h5-9,16H,10-15H2,1-4H3,(H2,21,22,23);1H. The molecular weight excluding hydrogens is 439 g/mol. The maximum atomic E-state index is 11.8. The lowest BCUT2D eigenvalue weighted by Crippen LogP contribution is -2.42. The highest BCUT2D eigenvalue weighted by Gasteiger charge is 2.42. The highest BCUT2D eigenvalue weighted by Crippen LogP contribution is 2.47. The van der Waals surface area contributed by atoms with E-state index in [1.54, 1.807) is 19.0 Å². The Labute approximate surface area is 175 Å². The van der Waals surface area contributed by atoms with Crippen LogP contribution in [0, 0.1) is 11.3 Å². The lowest BCUT2D eigenvalue weighted by atomic mass is 9.96. The van der Waals surface area contributed by atoms with Gasteiger partial charge in [0.25, 0.3) is 0 Å². The first-order valence-electron chi connectivity index (χ1n) is 9.16. The summed E-state index contributed by atoms with van der Waals surface area (Å²) in [5, 5.41) is 6.81. The summed E-state index contributed by atoms with van der Waals surface area (Å²) < 4.78 is 0. The van der Waals surface area contributed by atoms with Gasteiger partial charge in [-0.25, -0.2) is 4.99 Å². The van der Waals surface area contributed by atoms with Crippen molar-refractivity contribution in [1.29, 1.82) is 0 Å². The Balaban J connectivity index is 0.00000338. The molecule has 1 aromatic rings. The van der Waals surface area contributed by atoms with Gasteiger partial charge in [0.15, 0.2) is 5.96 Å². The van der Waals surface area contributed by atoms with Crippen molar-refractivity contribution in [1.82, 2.24) is 15.5 Å². The van der Waals surface area contributed by atoms with Crippen molar-refractivity contribution < 1.29 is 4.79 Å². The summed E-state index contributed by atoms with van der Waals surface area (Å²) in [6.07, 6.45) is 3.57. The number of hydrogen-bond acceptors (Lipinski definition) is 2. The Morgan fingerprint density at radius 2 is 1.85 bits per heavy atom. The SMILES string of the molecule is CC(C)CNC(=NCC(=O)N(C)C)NCC1(Cc2ccccc2)CC1.I. The van der Waals surface area contributed by atoms with Gasteiger partial charge < -0.3 is 15.5 Å². The van der Waals surface area contributed by atoms with Crippen LogP contribution in [0.15, 0.2) is 35.3 Å². The molecule has 146 valence electrons. The van der Waals surface area contributed by atoms with Gasteiger partial charge in [-0.1, -0.05) is 44.2 Å². The molecule has 1 saturated carbocycles. The van der Waals surface area contributed by atoms with Crippen molar-refractivity contribution in [3.8, 4) is 0 Å². The van der Waals surface area contributed by atoms with Crippen LogP contribution in [0.3, 0.4) is 0 Å². The normalized spacial score (nSPS) is 15.2. The van der Waals surface area contributed by atoms with Gasteiger partial charge >= 0.3 is 0 Å². The van der Waals surface area contributed by atoms with Crippen LogP contribution in [0.4, 0.5) is 0 Å². The number of halogens is 1. The van der Waals surface area contributed by atoms with Crippen LogP contribution < -0.4 is 10.6 Å². The van der Waals surface area contributed by atoms with Gasteiger partial charge in [-0.3, -0.25) is 4.79 Å². The molecule has 2 N–H and O–H groups in total. The van der Waals surface area contributed by atoms with Gasteiger partial charge in [-0.05, 0) is 36.2 Å². The molecule has 1 aliphatic rings. The molecule has 26 heavy (non-hydrogen) atoms. The van der Waals surface area contributed by atoms with Crippen LogP contribution in [0.25, 0.3) is 0 Å². The Morgan fingerprint density at radius 3 is 2.38 bits per heavy atom. The first-order valence-corrected chi connectivity index (χ1v) is 9.16. The van der Waals surface area contributed by atoms with Gasteiger partial charge in [0.1, 0.15) is 6.54 Å². The van der Waals surface area contributed by atoms with Crippen LogP contribution >= 0.6 is 24.0 Å². The fourth-order valence-electron chi connectivity index (χ4n) is 2.66. The van der Waals surface area contributed by atoms with Crippen molar-refractivity contribution in [2.24, 2.45) is 16.3 Å². The number of aliphatic imine (C=N–C) groups is 1. The number of nitrogens with zero attached hydrogens (tertiary/aromatic N) is 2. The third-order valence-corrected chi connectivity index (χ3v) is 4.56. The zero-order chi connectivity index (χ0) is 18.3. The number of carbonyl (C=O) groups excluding carboxylic acids is 1. The zero-order valence-electron chi connectivity index (χ0n) is 16.4. The lowest BCUT2D eigenvalue weighted by molar-refractivity contribution is -0.127. The lowest BCUT2D eigenvalue weighted by Gasteiger charge is -2.20. The van der Waals surface area contributed by atoms with Crippen molar-refractivity contribution in [2.75, 3.05) is 33.7 Å². The molecule has 1 fully saturated rings. The quantitative estimate of drug-likeness (QED) is 0.348. The molecule has 0 unspecified atom stereocenters. The summed E-state index contributed by atoms with van der Waals surface area (Å²) in [7, 11) is 3.51. The van der Waals surface area contributed by atoms with E-state index in [2.05, 4.69) is 59.8 Å². The van der Waals surface area contributed by atoms with Gasteiger partial charge in [0, 0.05) is 27.2 Å². The minimum Gasteiger partial charge on any atom is -0.356 e. The van der Waals surface area contributed by atoms with E-state index in [-0.39, 0.29) is 36.4 Å². The van der Waals surface area contributed by atoms with Crippen LogP contribution in [0.1, 0.15) is 32.3 Å². The highest BCUT2D eigenvalue weighted by atomic mass is 127. The van der Waals surface area contributed by atoms with Crippen LogP contribution in [0.5, 0.6) is 0 Å². The summed E-state index contributed by atoms with van der Waals surface area (Å²) in [5.74, 6) is 1.27. The minimum absolute atomic E-state index is 0. The summed E-state index contributed by atoms with van der Waals surface area (Å²) in [5.41, 5.74) is 1.71. The van der Waals surface area contributed by atoms with E-state index in [1.165, 1.54) is 18.4 Å². The van der Waals surface area contributed by atoms with Crippen molar-refractivity contribution in [2.45, 2.75) is 33.1 Å². The fourth-order valence-corrected chi connectivity index (χ4v) is 2.66. The summed E-state index contributed by atoms with van der Waals surface area (Å²) >= 11 is 0. The Bertz CT molecular complexity index is 583. The second-order valence-electron chi connectivity index (χ2n) is 7.74. The van der Waals surface area contributed by atoms with Crippen LogP contribution in [-0.2, 0) is 11.2 Å². The smallest absolute Gasteiger partial charge is 0.243 e. The molecule has 6 heteroatoms. The summed E-state index contributed by atoms with van der Waals surface area (Å²) in [6, 6.07) is 10.7. The number of benzene rings is 1. The summed E-state index contributed by atoms with van der Waals surface area (Å²) in [6.45, 7) is 6.22. The monoisotopic (exact) mass is 472 g/mol. The van der Waals surface area contributed by atoms with E-state index in [4.69, 9.17) is 0 Å². The number of amides is 1. The van der Waals surface area contributed by atoms with E-state index in [0.29, 0.717) is 11.3 Å². The first-order chi connectivity index (χ1) is 11.9. The average Bonchev–Trinajstić information content (AvgIpc) is 3.34. The zero-order valence-corrected chi connectivity index (χ0v) is 18.7. The molecule has 2 rings (SSSR count). The number of likely N-dealkylation sites (N-methyl/N-ethyl adjacent to an activating group) is 1. The molecule has 5 nitrogen and oxygen atoms in total. The molecule has 0 radical (unpaired) electrons. The third-order valence-electron chi connectivity index (χ3n) is 4.56. The number of carbonyl (C=O) groups is 1. The fraction of sp³-hybridized carbons (Fsp3) is 0.600. The predicted octanol–water partition coefficient (Wildman–Crippen LogP) is 2.91. The molecule has 1 aliphatic carbocycles. The largest absolute Gasteiger partial charge is 0.356 e. The van der Waals surface area contributed by atoms with Gasteiger partial charge in [-0.15, -0.1) is 24.0 Å². The molecule has 0 saturated heterocycles. The van der Waals surface area contributed by atoms with Crippen molar-refractivity contribution in [3.05, 3.63) is 35.9 Å². The Morgan fingerprint density at radius 1 is 1.19 bits per heavy atom. The number of hydrogen-bond donors (Lipinski definition) is 2. The Kier molecular flexibility index (Phi) is 9.39. The molecule has 0 bridgehead atoms. The van der Waals surface area contributed by atoms with Crippen LogP contribution in [-0.4, -0.2) is 50.5 Å². The molecule has 1 aromatic carbocycles. The van der Waals surface area contributed by atoms with E-state index in [1.807, 2.05) is 0 Å². The Hall–Kier alpha value is -1.31. The molecule has 0 aliphatic heterocycles. The van der Waals surface area contributed by atoms with Crippen molar-refractivity contribution in [3.63, 3.8) is 0 Å². The number of guanidine groups is 1. The minimum atomic E-state index is 0. The summed E-state index contributed by atoms with van der Waals surface area (Å²) in [4.78, 5) is 17.8. The molecule has 0 aromatic heterocycles. The average molecular weight is 472 g/mol. The maximum Gasteiger partial charge on any atom is 0.243 e. The van der Waals surface area contributed by atoms with Crippen LogP contribution in [0.2, 0.25) is 0 Å². The maximum absolute atomic E-state index is 11.8. The molecule has 0 spiro atoms. The highest BCUT2D eigenvalue weighted by molar-refractivity contribution is 14.0. The molecular formula is C20H33IN4O. The molecule has 0 heterocycles.